The summed E-state index contributed by atoms with van der Waals surface area (Å²) < 4.78 is 23.8. The molecule has 0 bridgehead atoms. The molecule has 0 aliphatic rings. The Morgan fingerprint density at radius 2 is 1.71 bits per heavy atom. The van der Waals surface area contributed by atoms with Gasteiger partial charge in [-0.05, 0) is 24.1 Å². The predicted molar refractivity (Wildman–Crippen MR) is 71.3 cm³/mol. The number of benzene rings is 1. The van der Waals surface area contributed by atoms with E-state index in [1.165, 1.54) is 0 Å². The van der Waals surface area contributed by atoms with E-state index in [-0.39, 0.29) is 5.75 Å². The Balaban J connectivity index is 3.02. The van der Waals surface area contributed by atoms with Gasteiger partial charge in [0.25, 0.3) is 0 Å². The molecule has 5 heteroatoms. The minimum Gasteiger partial charge on any atom is -0.399 e. The molecule has 4 N–H and O–H groups in total. The van der Waals surface area contributed by atoms with Crippen molar-refractivity contribution in [3.63, 3.8) is 0 Å². The molecule has 0 heterocycles. The third kappa shape index (κ3) is 3.20. The first kappa shape index (κ1) is 14.0. The fraction of sp³-hybridized carbons (Fsp3) is 0.500. The Morgan fingerprint density at radius 3 is 2.12 bits per heavy atom. The lowest BCUT2D eigenvalue weighted by Gasteiger charge is -2.22. The summed E-state index contributed by atoms with van der Waals surface area (Å²) >= 11 is 0. The van der Waals surface area contributed by atoms with Gasteiger partial charge >= 0.3 is 0 Å². The fourth-order valence-corrected chi connectivity index (χ4v) is 3.42. The number of hydrogen-bond acceptors (Lipinski definition) is 4. The number of hydrogen-bond donors (Lipinski definition) is 2. The van der Waals surface area contributed by atoms with Crippen LogP contribution in [0.15, 0.2) is 24.3 Å². The van der Waals surface area contributed by atoms with E-state index in [0.29, 0.717) is 12.1 Å². The van der Waals surface area contributed by atoms with Gasteiger partial charge in [0.2, 0.25) is 0 Å². The van der Waals surface area contributed by atoms with Gasteiger partial charge in [-0.15, -0.1) is 0 Å². The molecule has 1 aromatic carbocycles. The lowest BCUT2D eigenvalue weighted by molar-refractivity contribution is 0.549. The Labute approximate surface area is 103 Å². The summed E-state index contributed by atoms with van der Waals surface area (Å²) in [6.45, 7) is 3.49. The maximum Gasteiger partial charge on any atom is 0.154 e. The van der Waals surface area contributed by atoms with E-state index in [1.54, 1.807) is 31.2 Å². The molecule has 0 spiro atoms. The Morgan fingerprint density at radius 1 is 1.18 bits per heavy atom. The summed E-state index contributed by atoms with van der Waals surface area (Å²) in [6.07, 6.45) is 0.516. The Kier molecular flexibility index (Phi) is 4.54. The number of rotatable bonds is 5. The van der Waals surface area contributed by atoms with Crippen LogP contribution in [0, 0.1) is 0 Å². The lowest BCUT2D eigenvalue weighted by Crippen LogP contribution is -2.34. The second-order valence-corrected chi connectivity index (χ2v) is 6.60. The standard InChI is InChI=1S/C12H20N2O2S/c1-3-11(17(15,16)4-2)12(14)9-5-7-10(13)8-6-9/h5-8,11-12H,3-4,13-14H2,1-2H3. The summed E-state index contributed by atoms with van der Waals surface area (Å²) in [5, 5.41) is -0.531. The minimum atomic E-state index is -3.12. The molecule has 1 rings (SSSR count). The fourth-order valence-electron chi connectivity index (χ4n) is 1.88. The van der Waals surface area contributed by atoms with Crippen LogP contribution in [0.4, 0.5) is 5.69 Å². The number of sulfone groups is 1. The molecule has 17 heavy (non-hydrogen) atoms. The molecule has 2 unspecified atom stereocenters. The smallest absolute Gasteiger partial charge is 0.154 e. The second kappa shape index (κ2) is 5.51. The van der Waals surface area contributed by atoms with Gasteiger partial charge in [-0.2, -0.15) is 0 Å². The third-order valence-electron chi connectivity index (χ3n) is 2.99. The highest BCUT2D eigenvalue weighted by atomic mass is 32.2. The van der Waals surface area contributed by atoms with Crippen molar-refractivity contribution in [2.75, 3.05) is 11.5 Å². The van der Waals surface area contributed by atoms with Crippen LogP contribution in [0.2, 0.25) is 0 Å². The van der Waals surface area contributed by atoms with E-state index < -0.39 is 21.1 Å². The summed E-state index contributed by atoms with van der Waals surface area (Å²) in [5.41, 5.74) is 13.1. The molecule has 0 amide bonds. The molecule has 0 aliphatic heterocycles. The molecule has 96 valence electrons. The zero-order valence-corrected chi connectivity index (χ0v) is 11.1. The largest absolute Gasteiger partial charge is 0.399 e. The molecule has 0 fully saturated rings. The minimum absolute atomic E-state index is 0.119. The van der Waals surface area contributed by atoms with Crippen LogP contribution in [0.25, 0.3) is 0 Å². The van der Waals surface area contributed by atoms with Crippen LogP contribution in [0.3, 0.4) is 0 Å². The van der Waals surface area contributed by atoms with E-state index in [1.807, 2.05) is 6.92 Å². The van der Waals surface area contributed by atoms with Gasteiger partial charge in [0.15, 0.2) is 9.84 Å². The summed E-state index contributed by atoms with van der Waals surface area (Å²) in [6, 6.07) is 6.55. The molecular weight excluding hydrogens is 236 g/mol. The highest BCUT2D eigenvalue weighted by Gasteiger charge is 2.29. The molecule has 0 saturated heterocycles. The second-order valence-electron chi connectivity index (χ2n) is 4.09. The normalized spacial score (nSPS) is 15.5. The van der Waals surface area contributed by atoms with Crippen molar-refractivity contribution in [3.05, 3.63) is 29.8 Å². The predicted octanol–water partition coefficient (Wildman–Crippen LogP) is 1.48. The van der Waals surface area contributed by atoms with Gasteiger partial charge < -0.3 is 11.5 Å². The monoisotopic (exact) mass is 256 g/mol. The average Bonchev–Trinajstić information content (AvgIpc) is 2.30. The van der Waals surface area contributed by atoms with Gasteiger partial charge in [0.05, 0.1) is 5.25 Å². The third-order valence-corrected chi connectivity index (χ3v) is 5.34. The van der Waals surface area contributed by atoms with Crippen molar-refractivity contribution < 1.29 is 8.42 Å². The highest BCUT2D eigenvalue weighted by Crippen LogP contribution is 2.23. The maximum atomic E-state index is 11.9. The van der Waals surface area contributed by atoms with Crippen molar-refractivity contribution in [3.8, 4) is 0 Å². The molecule has 1 aromatic rings. The number of nitrogen functional groups attached to an aromatic ring is 1. The van der Waals surface area contributed by atoms with E-state index >= 15 is 0 Å². The zero-order chi connectivity index (χ0) is 13.1. The van der Waals surface area contributed by atoms with Gasteiger partial charge in [0.1, 0.15) is 0 Å². The maximum absolute atomic E-state index is 11.9. The van der Waals surface area contributed by atoms with Crippen LogP contribution < -0.4 is 11.5 Å². The van der Waals surface area contributed by atoms with E-state index in [9.17, 15) is 8.42 Å². The van der Waals surface area contributed by atoms with Gasteiger partial charge in [-0.25, -0.2) is 8.42 Å². The van der Waals surface area contributed by atoms with Crippen LogP contribution >= 0.6 is 0 Å². The quantitative estimate of drug-likeness (QED) is 0.781. The van der Waals surface area contributed by atoms with Crippen molar-refractivity contribution in [2.45, 2.75) is 31.6 Å². The Hall–Kier alpha value is -1.07. The van der Waals surface area contributed by atoms with Gasteiger partial charge in [0, 0.05) is 17.5 Å². The Bertz CT molecular complexity index is 454. The van der Waals surface area contributed by atoms with E-state index in [0.717, 1.165) is 5.56 Å². The number of anilines is 1. The van der Waals surface area contributed by atoms with E-state index in [2.05, 4.69) is 0 Å². The molecule has 0 radical (unpaired) electrons. The molecule has 0 aliphatic carbocycles. The SMILES string of the molecule is CCC(C(N)c1ccc(N)cc1)S(=O)(=O)CC. The number of nitrogens with two attached hydrogens (primary N) is 2. The van der Waals surface area contributed by atoms with Gasteiger partial charge in [-0.1, -0.05) is 26.0 Å². The van der Waals surface area contributed by atoms with E-state index in [4.69, 9.17) is 11.5 Å². The molecular formula is C12H20N2O2S. The molecule has 2 atom stereocenters. The average molecular weight is 256 g/mol. The van der Waals surface area contributed by atoms with Crippen LogP contribution in [-0.4, -0.2) is 19.4 Å². The molecule has 4 nitrogen and oxygen atoms in total. The molecule has 0 aromatic heterocycles. The zero-order valence-electron chi connectivity index (χ0n) is 10.3. The van der Waals surface area contributed by atoms with Crippen molar-refractivity contribution in [2.24, 2.45) is 5.73 Å². The summed E-state index contributed by atoms with van der Waals surface area (Å²) in [7, 11) is -3.12. The van der Waals surface area contributed by atoms with Crippen molar-refractivity contribution >= 4 is 15.5 Å². The van der Waals surface area contributed by atoms with Crippen molar-refractivity contribution in [1.82, 2.24) is 0 Å². The highest BCUT2D eigenvalue weighted by molar-refractivity contribution is 7.92. The van der Waals surface area contributed by atoms with Crippen LogP contribution in [-0.2, 0) is 9.84 Å². The van der Waals surface area contributed by atoms with Crippen LogP contribution in [0.5, 0.6) is 0 Å². The van der Waals surface area contributed by atoms with Gasteiger partial charge in [-0.3, -0.25) is 0 Å². The summed E-state index contributed by atoms with van der Waals surface area (Å²) in [5.74, 6) is 0.119. The van der Waals surface area contributed by atoms with Crippen molar-refractivity contribution in [1.29, 1.82) is 0 Å². The van der Waals surface area contributed by atoms with Crippen LogP contribution in [0.1, 0.15) is 31.9 Å². The lowest BCUT2D eigenvalue weighted by atomic mass is 10.0. The topological polar surface area (TPSA) is 86.2 Å². The molecule has 0 saturated carbocycles. The first-order valence-corrected chi connectivity index (χ1v) is 7.46. The first-order chi connectivity index (χ1) is 7.92. The summed E-state index contributed by atoms with van der Waals surface area (Å²) in [4.78, 5) is 0. The first-order valence-electron chi connectivity index (χ1n) is 5.75.